The van der Waals surface area contributed by atoms with Crippen molar-refractivity contribution < 1.29 is 18.0 Å². The van der Waals surface area contributed by atoms with Crippen LogP contribution in [0.25, 0.3) is 11.4 Å². The summed E-state index contributed by atoms with van der Waals surface area (Å²) in [6.07, 6.45) is -1.83. The molecule has 3 heterocycles. The summed E-state index contributed by atoms with van der Waals surface area (Å²) in [4.78, 5) is 19.0. The van der Waals surface area contributed by atoms with Crippen LogP contribution in [0.2, 0.25) is 0 Å². The fourth-order valence-corrected chi connectivity index (χ4v) is 4.01. The number of rotatable bonds is 5. The lowest BCUT2D eigenvalue weighted by atomic mass is 10.1. The molecule has 9 heteroatoms. The molecule has 1 aliphatic rings. The zero-order chi connectivity index (χ0) is 22.2. The van der Waals surface area contributed by atoms with Crippen molar-refractivity contribution >= 4 is 5.91 Å². The Kier molecular flexibility index (Phi) is 5.60. The van der Waals surface area contributed by atoms with E-state index < -0.39 is 11.9 Å². The maximum atomic E-state index is 12.9. The summed E-state index contributed by atoms with van der Waals surface area (Å²) in [5.74, 6) is 0.937. The highest BCUT2D eigenvalue weighted by molar-refractivity contribution is 5.76. The molecule has 1 fully saturated rings. The fourth-order valence-electron chi connectivity index (χ4n) is 4.01. The summed E-state index contributed by atoms with van der Waals surface area (Å²) in [5.41, 5.74) is 1.44. The third-order valence-corrected chi connectivity index (χ3v) is 5.72. The second kappa shape index (κ2) is 8.20. The normalized spacial score (nSPS) is 16.8. The van der Waals surface area contributed by atoms with Crippen LogP contribution in [-0.2, 0) is 24.1 Å². The average molecular weight is 431 g/mol. The van der Waals surface area contributed by atoms with Crippen molar-refractivity contribution in [2.45, 2.75) is 39.5 Å². The minimum Gasteiger partial charge on any atom is -0.341 e. The maximum Gasteiger partial charge on any atom is 0.435 e. The monoisotopic (exact) mass is 431 g/mol. The van der Waals surface area contributed by atoms with Gasteiger partial charge in [-0.05, 0) is 32.3 Å². The number of imidazole rings is 1. The van der Waals surface area contributed by atoms with Gasteiger partial charge in [0.25, 0.3) is 0 Å². The van der Waals surface area contributed by atoms with Crippen LogP contribution in [0.4, 0.5) is 13.2 Å². The van der Waals surface area contributed by atoms with E-state index in [1.807, 2.05) is 43.5 Å². The standard InChI is InChI=1S/C22H24F3N5O/c1-15-10-19(22(23,24)25)27-30(15)14-20(31)28-9-8-17(12-28)13-29-16(2)11-26-21(29)18-6-4-3-5-7-18/h3-7,10-11,17H,8-9,12-14H2,1-2H3. The molecule has 0 radical (unpaired) electrons. The second-order valence-corrected chi connectivity index (χ2v) is 8.02. The Bertz CT molecular complexity index is 1070. The number of likely N-dealkylation sites (tertiary alicyclic amines) is 1. The van der Waals surface area contributed by atoms with Gasteiger partial charge in [-0.15, -0.1) is 0 Å². The maximum absolute atomic E-state index is 12.9. The molecule has 1 saturated heterocycles. The summed E-state index contributed by atoms with van der Waals surface area (Å²) in [5, 5.41) is 3.56. The van der Waals surface area contributed by atoms with Crippen LogP contribution in [-0.4, -0.2) is 43.2 Å². The van der Waals surface area contributed by atoms with Gasteiger partial charge >= 0.3 is 6.18 Å². The minimum atomic E-state index is -4.52. The van der Waals surface area contributed by atoms with Gasteiger partial charge < -0.3 is 9.47 Å². The number of aromatic nitrogens is 4. The van der Waals surface area contributed by atoms with E-state index in [-0.39, 0.29) is 18.4 Å². The molecule has 0 bridgehead atoms. The van der Waals surface area contributed by atoms with Crippen LogP contribution >= 0.6 is 0 Å². The van der Waals surface area contributed by atoms with E-state index >= 15 is 0 Å². The molecule has 1 atom stereocenters. The highest BCUT2D eigenvalue weighted by Crippen LogP contribution is 2.29. The molecule has 0 aliphatic carbocycles. The summed E-state index contributed by atoms with van der Waals surface area (Å²) in [6, 6.07) is 10.9. The molecule has 2 aromatic heterocycles. The zero-order valence-electron chi connectivity index (χ0n) is 17.4. The minimum absolute atomic E-state index is 0.187. The van der Waals surface area contributed by atoms with Gasteiger partial charge in [0.1, 0.15) is 12.4 Å². The first kappa shape index (κ1) is 21.1. The molecule has 3 aromatic rings. The molecule has 1 amide bonds. The number of carbonyl (C=O) groups is 1. The Morgan fingerprint density at radius 3 is 2.58 bits per heavy atom. The third-order valence-electron chi connectivity index (χ3n) is 5.72. The van der Waals surface area contributed by atoms with Gasteiger partial charge in [-0.1, -0.05) is 30.3 Å². The number of halogens is 3. The first-order chi connectivity index (χ1) is 14.7. The van der Waals surface area contributed by atoms with Crippen molar-refractivity contribution in [2.24, 2.45) is 5.92 Å². The Balaban J connectivity index is 1.41. The molecule has 6 nitrogen and oxygen atoms in total. The van der Waals surface area contributed by atoms with Gasteiger partial charge in [-0.2, -0.15) is 18.3 Å². The van der Waals surface area contributed by atoms with Crippen molar-refractivity contribution in [3.8, 4) is 11.4 Å². The molecule has 0 saturated carbocycles. The highest BCUT2D eigenvalue weighted by atomic mass is 19.4. The number of hydrogen-bond donors (Lipinski definition) is 0. The molecule has 1 aromatic carbocycles. The van der Waals surface area contributed by atoms with Crippen molar-refractivity contribution in [3.63, 3.8) is 0 Å². The van der Waals surface area contributed by atoms with E-state index in [1.54, 1.807) is 4.90 Å². The summed E-state index contributed by atoms with van der Waals surface area (Å²) in [6.45, 7) is 5.24. The lowest BCUT2D eigenvalue weighted by Crippen LogP contribution is -2.33. The molecule has 31 heavy (non-hydrogen) atoms. The van der Waals surface area contributed by atoms with Gasteiger partial charge in [-0.3, -0.25) is 9.48 Å². The predicted molar refractivity (Wildman–Crippen MR) is 109 cm³/mol. The van der Waals surface area contributed by atoms with E-state index in [1.165, 1.54) is 6.92 Å². The number of aryl methyl sites for hydroxylation is 2. The number of benzene rings is 1. The number of amides is 1. The Hall–Kier alpha value is -3.10. The van der Waals surface area contributed by atoms with Crippen LogP contribution in [0.3, 0.4) is 0 Å². The number of hydrogen-bond acceptors (Lipinski definition) is 3. The van der Waals surface area contributed by atoms with Crippen molar-refractivity contribution in [1.82, 2.24) is 24.2 Å². The highest BCUT2D eigenvalue weighted by Gasteiger charge is 2.35. The van der Waals surface area contributed by atoms with E-state index in [0.717, 1.165) is 40.8 Å². The summed E-state index contributed by atoms with van der Waals surface area (Å²) < 4.78 is 41.9. The summed E-state index contributed by atoms with van der Waals surface area (Å²) >= 11 is 0. The van der Waals surface area contributed by atoms with Gasteiger partial charge in [0, 0.05) is 42.8 Å². The SMILES string of the molecule is Cc1cc(C(F)(F)F)nn1CC(=O)N1CCC(Cn2c(C)cnc2-c2ccccc2)C1. The number of nitrogens with zero attached hydrogens (tertiary/aromatic N) is 5. The van der Waals surface area contributed by atoms with Crippen LogP contribution in [0, 0.1) is 19.8 Å². The molecule has 1 unspecified atom stereocenters. The number of alkyl halides is 3. The van der Waals surface area contributed by atoms with Crippen molar-refractivity contribution in [1.29, 1.82) is 0 Å². The van der Waals surface area contributed by atoms with E-state index in [2.05, 4.69) is 14.6 Å². The topological polar surface area (TPSA) is 56.0 Å². The molecule has 164 valence electrons. The molecule has 4 rings (SSSR count). The molecular weight excluding hydrogens is 407 g/mol. The van der Waals surface area contributed by atoms with Gasteiger partial charge in [0.15, 0.2) is 5.69 Å². The van der Waals surface area contributed by atoms with Crippen LogP contribution in [0.15, 0.2) is 42.6 Å². The van der Waals surface area contributed by atoms with E-state index in [4.69, 9.17) is 0 Å². The largest absolute Gasteiger partial charge is 0.435 e. The lowest BCUT2D eigenvalue weighted by Gasteiger charge is -2.18. The predicted octanol–water partition coefficient (Wildman–Crippen LogP) is 3.93. The first-order valence-corrected chi connectivity index (χ1v) is 10.2. The fraction of sp³-hybridized carbons (Fsp3) is 0.409. The molecule has 0 N–H and O–H groups in total. The van der Waals surface area contributed by atoms with Crippen molar-refractivity contribution in [2.75, 3.05) is 13.1 Å². The quantitative estimate of drug-likeness (QED) is 0.615. The Morgan fingerprint density at radius 1 is 1.16 bits per heavy atom. The zero-order valence-corrected chi connectivity index (χ0v) is 17.4. The molecular formula is C22H24F3N5O. The van der Waals surface area contributed by atoms with E-state index in [9.17, 15) is 18.0 Å². The third kappa shape index (κ3) is 4.50. The number of carbonyl (C=O) groups excluding carboxylic acids is 1. The van der Waals surface area contributed by atoms with Crippen molar-refractivity contribution in [3.05, 3.63) is 59.7 Å². The van der Waals surface area contributed by atoms with Gasteiger partial charge in [0.2, 0.25) is 5.91 Å². The van der Waals surface area contributed by atoms with Crippen LogP contribution in [0.1, 0.15) is 23.5 Å². The van der Waals surface area contributed by atoms with E-state index in [0.29, 0.717) is 18.8 Å². The van der Waals surface area contributed by atoms with Crippen LogP contribution in [0.5, 0.6) is 0 Å². The average Bonchev–Trinajstić information content (AvgIpc) is 3.43. The smallest absolute Gasteiger partial charge is 0.341 e. The second-order valence-electron chi connectivity index (χ2n) is 8.02. The Morgan fingerprint density at radius 2 is 1.90 bits per heavy atom. The molecule has 0 spiro atoms. The lowest BCUT2D eigenvalue weighted by molar-refractivity contribution is -0.142. The Labute approximate surface area is 178 Å². The van der Waals surface area contributed by atoms with Gasteiger partial charge in [-0.25, -0.2) is 4.98 Å². The van der Waals surface area contributed by atoms with Crippen LogP contribution < -0.4 is 0 Å². The first-order valence-electron chi connectivity index (χ1n) is 10.2. The summed E-state index contributed by atoms with van der Waals surface area (Å²) in [7, 11) is 0. The van der Waals surface area contributed by atoms with Gasteiger partial charge in [0.05, 0.1) is 0 Å². The molecule has 1 aliphatic heterocycles.